The Bertz CT molecular complexity index is 2810. The molecule has 0 saturated carbocycles. The van der Waals surface area contributed by atoms with Gasteiger partial charge in [0, 0.05) is 37.7 Å². The first-order valence-electron chi connectivity index (χ1n) is 16.9. The molecule has 7 aromatic carbocycles. The standard InChI is InChI=1S/C45H28N4OS/c1-4-15-29(16-5-1)43-46-44(30-17-6-2-7-18-30)48-45(47-43)35-27-28-36(40-34-22-10-12-25-38(34)50-41(35)40)49(31-19-8-3-9-20-31)37-24-14-23-33-32-21-11-13-26-39(32)51-42(33)37/h1-28H. The lowest BCUT2D eigenvalue weighted by atomic mass is 10.0. The first-order valence-corrected chi connectivity index (χ1v) is 17.7. The SMILES string of the molecule is c1ccc(-c2nc(-c3ccccc3)nc(-c3ccc(N(c4ccccc4)c4cccc5c4sc4ccccc45)c4c3oc3ccccc34)n2)cc1. The molecule has 3 aromatic heterocycles. The maximum absolute atomic E-state index is 6.80. The molecule has 0 radical (unpaired) electrons. The highest BCUT2D eigenvalue weighted by atomic mass is 32.1. The molecular formula is C45H28N4OS. The summed E-state index contributed by atoms with van der Waals surface area (Å²) in [6.07, 6.45) is 0. The Kier molecular flexibility index (Phi) is 6.93. The zero-order valence-electron chi connectivity index (χ0n) is 27.3. The summed E-state index contributed by atoms with van der Waals surface area (Å²) in [5.74, 6) is 1.77. The Balaban J connectivity index is 1.26. The number of para-hydroxylation sites is 2. The van der Waals surface area contributed by atoms with E-state index in [4.69, 9.17) is 19.4 Å². The third-order valence-electron chi connectivity index (χ3n) is 9.32. The smallest absolute Gasteiger partial charge is 0.167 e. The van der Waals surface area contributed by atoms with Crippen molar-refractivity contribution in [1.82, 2.24) is 15.0 Å². The van der Waals surface area contributed by atoms with Crippen molar-refractivity contribution in [3.05, 3.63) is 170 Å². The van der Waals surface area contributed by atoms with Crippen LogP contribution in [0.2, 0.25) is 0 Å². The average molecular weight is 673 g/mol. The molecule has 5 nitrogen and oxygen atoms in total. The number of aromatic nitrogens is 3. The van der Waals surface area contributed by atoms with Crippen LogP contribution in [0.5, 0.6) is 0 Å². The van der Waals surface area contributed by atoms with Crippen LogP contribution >= 0.6 is 11.3 Å². The second-order valence-corrected chi connectivity index (χ2v) is 13.4. The second kappa shape index (κ2) is 12.1. The molecule has 0 amide bonds. The van der Waals surface area contributed by atoms with Crippen molar-refractivity contribution in [3.63, 3.8) is 0 Å². The summed E-state index contributed by atoms with van der Waals surface area (Å²) in [5.41, 5.74) is 7.34. The van der Waals surface area contributed by atoms with Crippen LogP contribution in [0, 0.1) is 0 Å². The monoisotopic (exact) mass is 672 g/mol. The number of benzene rings is 7. The van der Waals surface area contributed by atoms with Crippen molar-refractivity contribution in [3.8, 4) is 34.2 Å². The summed E-state index contributed by atoms with van der Waals surface area (Å²) in [4.78, 5) is 17.5. The van der Waals surface area contributed by atoms with E-state index in [1.54, 1.807) is 0 Å². The van der Waals surface area contributed by atoms with Crippen molar-refractivity contribution >= 4 is 70.5 Å². The van der Waals surface area contributed by atoms with Gasteiger partial charge in [-0.3, -0.25) is 0 Å². The Morgan fingerprint density at radius 1 is 0.451 bits per heavy atom. The molecule has 51 heavy (non-hydrogen) atoms. The van der Waals surface area contributed by atoms with E-state index in [1.807, 2.05) is 84.1 Å². The largest absolute Gasteiger partial charge is 0.455 e. The fourth-order valence-corrected chi connectivity index (χ4v) is 8.20. The summed E-state index contributed by atoms with van der Waals surface area (Å²) in [7, 11) is 0. The molecule has 10 aromatic rings. The van der Waals surface area contributed by atoms with Gasteiger partial charge in [0.05, 0.1) is 27.0 Å². The number of fused-ring (bicyclic) bond motifs is 6. The molecule has 0 aliphatic rings. The lowest BCUT2D eigenvalue weighted by molar-refractivity contribution is 0.669. The molecule has 0 fully saturated rings. The maximum Gasteiger partial charge on any atom is 0.167 e. The maximum atomic E-state index is 6.80. The second-order valence-electron chi connectivity index (χ2n) is 12.4. The minimum Gasteiger partial charge on any atom is -0.455 e. The molecule has 0 aliphatic carbocycles. The minimum absolute atomic E-state index is 0.552. The van der Waals surface area contributed by atoms with Gasteiger partial charge in [0.2, 0.25) is 0 Å². The molecule has 0 aliphatic heterocycles. The highest BCUT2D eigenvalue weighted by Crippen LogP contribution is 2.49. The summed E-state index contributed by atoms with van der Waals surface area (Å²) < 4.78 is 9.29. The van der Waals surface area contributed by atoms with Crippen molar-refractivity contribution < 1.29 is 4.42 Å². The summed E-state index contributed by atoms with van der Waals surface area (Å²) in [6, 6.07) is 58.5. The van der Waals surface area contributed by atoms with Gasteiger partial charge < -0.3 is 9.32 Å². The Morgan fingerprint density at radius 2 is 1.04 bits per heavy atom. The Morgan fingerprint density at radius 3 is 1.76 bits per heavy atom. The number of furan rings is 1. The minimum atomic E-state index is 0.552. The highest BCUT2D eigenvalue weighted by molar-refractivity contribution is 7.26. The number of hydrogen-bond acceptors (Lipinski definition) is 6. The normalized spacial score (nSPS) is 11.5. The summed E-state index contributed by atoms with van der Waals surface area (Å²) >= 11 is 1.82. The van der Waals surface area contributed by atoms with Gasteiger partial charge in [-0.2, -0.15) is 0 Å². The van der Waals surface area contributed by atoms with Crippen LogP contribution in [0.3, 0.4) is 0 Å². The molecule has 6 heteroatoms. The van der Waals surface area contributed by atoms with Crippen LogP contribution in [0.1, 0.15) is 0 Å². The quantitative estimate of drug-likeness (QED) is 0.176. The fourth-order valence-electron chi connectivity index (χ4n) is 7.00. The summed E-state index contributed by atoms with van der Waals surface area (Å²) in [6.45, 7) is 0. The lowest BCUT2D eigenvalue weighted by Crippen LogP contribution is -2.10. The van der Waals surface area contributed by atoms with Crippen LogP contribution < -0.4 is 4.90 Å². The molecule has 0 atom stereocenters. The van der Waals surface area contributed by atoms with Gasteiger partial charge in [0.1, 0.15) is 11.2 Å². The van der Waals surface area contributed by atoms with Gasteiger partial charge >= 0.3 is 0 Å². The van der Waals surface area contributed by atoms with Gasteiger partial charge in [-0.1, -0.05) is 127 Å². The fraction of sp³-hybridized carbons (Fsp3) is 0. The van der Waals surface area contributed by atoms with Gasteiger partial charge in [-0.05, 0) is 42.5 Å². The van der Waals surface area contributed by atoms with E-state index >= 15 is 0 Å². The van der Waals surface area contributed by atoms with E-state index in [9.17, 15) is 0 Å². The van der Waals surface area contributed by atoms with Crippen LogP contribution in [0.15, 0.2) is 174 Å². The van der Waals surface area contributed by atoms with Gasteiger partial charge in [0.25, 0.3) is 0 Å². The molecule has 0 N–H and O–H groups in total. The predicted molar refractivity (Wildman–Crippen MR) is 211 cm³/mol. The number of rotatable bonds is 6. The molecule has 0 saturated heterocycles. The third kappa shape index (κ3) is 4.96. The highest BCUT2D eigenvalue weighted by Gasteiger charge is 2.25. The van der Waals surface area contributed by atoms with Crippen molar-refractivity contribution in [2.24, 2.45) is 0 Å². The molecule has 3 heterocycles. The van der Waals surface area contributed by atoms with Crippen LogP contribution in [0.4, 0.5) is 17.1 Å². The molecule has 0 unspecified atom stereocenters. The van der Waals surface area contributed by atoms with Gasteiger partial charge in [-0.25, -0.2) is 15.0 Å². The zero-order chi connectivity index (χ0) is 33.7. The van der Waals surface area contributed by atoms with Crippen molar-refractivity contribution in [1.29, 1.82) is 0 Å². The van der Waals surface area contributed by atoms with E-state index in [0.29, 0.717) is 17.5 Å². The van der Waals surface area contributed by atoms with E-state index < -0.39 is 0 Å². The van der Waals surface area contributed by atoms with Crippen LogP contribution in [0.25, 0.3) is 76.3 Å². The lowest BCUT2D eigenvalue weighted by Gasteiger charge is -2.27. The van der Waals surface area contributed by atoms with Crippen molar-refractivity contribution in [2.45, 2.75) is 0 Å². The Labute approximate surface area is 297 Å². The zero-order valence-corrected chi connectivity index (χ0v) is 28.1. The van der Waals surface area contributed by atoms with E-state index in [-0.39, 0.29) is 0 Å². The van der Waals surface area contributed by atoms with Gasteiger partial charge in [-0.15, -0.1) is 11.3 Å². The topological polar surface area (TPSA) is 55.1 Å². The summed E-state index contributed by atoms with van der Waals surface area (Å²) in [5, 5.41) is 4.52. The van der Waals surface area contributed by atoms with E-state index in [0.717, 1.165) is 55.7 Å². The van der Waals surface area contributed by atoms with Crippen LogP contribution in [-0.4, -0.2) is 15.0 Å². The molecule has 10 rings (SSSR count). The number of nitrogens with zero attached hydrogens (tertiary/aromatic N) is 4. The first kappa shape index (κ1) is 29.3. The molecular weight excluding hydrogens is 645 g/mol. The van der Waals surface area contributed by atoms with E-state index in [2.05, 4.69) is 102 Å². The van der Waals surface area contributed by atoms with E-state index in [1.165, 1.54) is 20.2 Å². The predicted octanol–water partition coefficient (Wildman–Crippen LogP) is 12.6. The molecule has 240 valence electrons. The Hall–Kier alpha value is -6.63. The molecule has 0 bridgehead atoms. The third-order valence-corrected chi connectivity index (χ3v) is 10.5. The first-order chi connectivity index (χ1) is 25.3. The van der Waals surface area contributed by atoms with Gasteiger partial charge in [0.15, 0.2) is 17.5 Å². The number of hydrogen-bond donors (Lipinski definition) is 0. The van der Waals surface area contributed by atoms with Crippen molar-refractivity contribution in [2.75, 3.05) is 4.90 Å². The number of anilines is 3. The average Bonchev–Trinajstić information content (AvgIpc) is 3.79. The molecule has 0 spiro atoms. The van der Waals surface area contributed by atoms with Crippen LogP contribution in [-0.2, 0) is 0 Å². The number of thiophene rings is 1.